The summed E-state index contributed by atoms with van der Waals surface area (Å²) in [6, 6.07) is 3.68. The minimum atomic E-state index is -0.372. The summed E-state index contributed by atoms with van der Waals surface area (Å²) in [7, 11) is 1.37. The number of carbonyl (C=O) groups is 1. The van der Waals surface area contributed by atoms with E-state index in [0.29, 0.717) is 10.8 Å². The van der Waals surface area contributed by atoms with Gasteiger partial charge in [-0.25, -0.2) is 10.5 Å². The first-order chi connectivity index (χ1) is 8.29. The zero-order chi connectivity index (χ0) is 12.1. The standard InChI is InChI=1S/C10H10N4O2S/c1-16-14-9(15)8-6-17-10(13-8)12-7-3-2-4-11-5-7/h2-6H,1H3,(H,12,13)(H,14,15). The summed E-state index contributed by atoms with van der Waals surface area (Å²) in [5, 5.41) is 5.32. The smallest absolute Gasteiger partial charge is 0.294 e. The summed E-state index contributed by atoms with van der Waals surface area (Å²) in [6.07, 6.45) is 3.36. The number of anilines is 2. The molecular weight excluding hydrogens is 240 g/mol. The highest BCUT2D eigenvalue weighted by molar-refractivity contribution is 7.14. The van der Waals surface area contributed by atoms with Crippen molar-refractivity contribution in [2.45, 2.75) is 0 Å². The van der Waals surface area contributed by atoms with Crippen LogP contribution in [-0.4, -0.2) is 23.0 Å². The van der Waals surface area contributed by atoms with Crippen LogP contribution in [0.3, 0.4) is 0 Å². The normalized spacial score (nSPS) is 9.94. The monoisotopic (exact) mass is 250 g/mol. The molecule has 0 bridgehead atoms. The highest BCUT2D eigenvalue weighted by atomic mass is 32.1. The Bertz CT molecular complexity index is 500. The summed E-state index contributed by atoms with van der Waals surface area (Å²) in [6.45, 7) is 0. The lowest BCUT2D eigenvalue weighted by molar-refractivity contribution is 0.0533. The lowest BCUT2D eigenvalue weighted by Crippen LogP contribution is -2.22. The van der Waals surface area contributed by atoms with Gasteiger partial charge in [-0.15, -0.1) is 11.3 Å². The fourth-order valence-electron chi connectivity index (χ4n) is 1.14. The first-order valence-electron chi connectivity index (χ1n) is 4.75. The molecular formula is C10H10N4O2S. The van der Waals surface area contributed by atoms with Crippen molar-refractivity contribution in [2.24, 2.45) is 0 Å². The Hall–Kier alpha value is -1.99. The van der Waals surface area contributed by atoms with Crippen molar-refractivity contribution < 1.29 is 9.63 Å². The first-order valence-corrected chi connectivity index (χ1v) is 5.63. The second-order valence-corrected chi connectivity index (χ2v) is 3.90. The number of nitrogens with zero attached hydrogens (tertiary/aromatic N) is 2. The molecule has 0 fully saturated rings. The van der Waals surface area contributed by atoms with Gasteiger partial charge in [-0.3, -0.25) is 14.6 Å². The van der Waals surface area contributed by atoms with E-state index < -0.39 is 0 Å². The molecule has 1 amide bonds. The molecule has 0 radical (unpaired) electrons. The molecule has 17 heavy (non-hydrogen) atoms. The molecule has 0 saturated carbocycles. The van der Waals surface area contributed by atoms with Gasteiger partial charge in [0.05, 0.1) is 19.0 Å². The van der Waals surface area contributed by atoms with Gasteiger partial charge in [0.2, 0.25) is 0 Å². The van der Waals surface area contributed by atoms with Crippen molar-refractivity contribution in [2.75, 3.05) is 12.4 Å². The maximum atomic E-state index is 11.4. The van der Waals surface area contributed by atoms with Gasteiger partial charge in [0.15, 0.2) is 5.13 Å². The molecule has 0 spiro atoms. The van der Waals surface area contributed by atoms with Crippen LogP contribution < -0.4 is 10.8 Å². The van der Waals surface area contributed by atoms with Crippen LogP contribution in [0.1, 0.15) is 10.5 Å². The molecule has 6 nitrogen and oxygen atoms in total. The average molecular weight is 250 g/mol. The topological polar surface area (TPSA) is 76.1 Å². The van der Waals surface area contributed by atoms with Crippen molar-refractivity contribution in [3.63, 3.8) is 0 Å². The highest BCUT2D eigenvalue weighted by Crippen LogP contribution is 2.19. The molecule has 0 atom stereocenters. The lowest BCUT2D eigenvalue weighted by atomic mass is 10.4. The van der Waals surface area contributed by atoms with Gasteiger partial charge in [0.25, 0.3) is 5.91 Å². The number of aromatic nitrogens is 2. The fourth-order valence-corrected chi connectivity index (χ4v) is 1.85. The van der Waals surface area contributed by atoms with E-state index in [9.17, 15) is 4.79 Å². The van der Waals surface area contributed by atoms with Crippen molar-refractivity contribution in [1.82, 2.24) is 15.4 Å². The minimum absolute atomic E-state index is 0.309. The maximum Gasteiger partial charge on any atom is 0.294 e. The van der Waals surface area contributed by atoms with Crippen molar-refractivity contribution in [3.8, 4) is 0 Å². The van der Waals surface area contributed by atoms with E-state index in [4.69, 9.17) is 0 Å². The molecule has 2 N–H and O–H groups in total. The van der Waals surface area contributed by atoms with Gasteiger partial charge >= 0.3 is 0 Å². The number of pyridine rings is 1. The number of rotatable bonds is 4. The van der Waals surface area contributed by atoms with Gasteiger partial charge in [-0.2, -0.15) is 0 Å². The highest BCUT2D eigenvalue weighted by Gasteiger charge is 2.10. The van der Waals surface area contributed by atoms with E-state index in [1.807, 2.05) is 12.1 Å². The zero-order valence-electron chi connectivity index (χ0n) is 9.01. The molecule has 2 rings (SSSR count). The summed E-state index contributed by atoms with van der Waals surface area (Å²) in [5.41, 5.74) is 3.33. The molecule has 88 valence electrons. The van der Waals surface area contributed by atoms with E-state index in [1.165, 1.54) is 18.4 Å². The van der Waals surface area contributed by atoms with Gasteiger partial charge in [-0.05, 0) is 12.1 Å². The lowest BCUT2D eigenvalue weighted by Gasteiger charge is -2.00. The number of carbonyl (C=O) groups excluding carboxylic acids is 1. The van der Waals surface area contributed by atoms with E-state index in [0.717, 1.165) is 5.69 Å². The third-order valence-corrected chi connectivity index (χ3v) is 2.60. The second kappa shape index (κ2) is 5.37. The molecule has 0 aliphatic carbocycles. The summed E-state index contributed by atoms with van der Waals surface area (Å²) >= 11 is 1.33. The van der Waals surface area contributed by atoms with Crippen molar-refractivity contribution in [1.29, 1.82) is 0 Å². The Morgan fingerprint density at radius 3 is 3.12 bits per heavy atom. The van der Waals surface area contributed by atoms with E-state index in [2.05, 4.69) is 25.6 Å². The van der Waals surface area contributed by atoms with E-state index in [1.54, 1.807) is 17.8 Å². The van der Waals surface area contributed by atoms with Crippen LogP contribution in [0, 0.1) is 0 Å². The van der Waals surface area contributed by atoms with Gasteiger partial charge in [0.1, 0.15) is 5.69 Å². The van der Waals surface area contributed by atoms with Crippen LogP contribution >= 0.6 is 11.3 Å². The van der Waals surface area contributed by atoms with Crippen LogP contribution in [0.5, 0.6) is 0 Å². The Morgan fingerprint density at radius 1 is 1.53 bits per heavy atom. The number of amides is 1. The number of hydroxylamine groups is 1. The number of nitrogens with one attached hydrogen (secondary N) is 2. The van der Waals surface area contributed by atoms with E-state index in [-0.39, 0.29) is 5.91 Å². The summed E-state index contributed by atoms with van der Waals surface area (Å²) in [5.74, 6) is -0.372. The molecule has 0 aliphatic rings. The fraction of sp³-hybridized carbons (Fsp3) is 0.100. The zero-order valence-corrected chi connectivity index (χ0v) is 9.82. The largest absolute Gasteiger partial charge is 0.330 e. The SMILES string of the molecule is CONC(=O)c1csc(Nc2cccnc2)n1. The number of hydrogen-bond acceptors (Lipinski definition) is 6. The molecule has 2 aromatic heterocycles. The molecule has 2 aromatic rings. The van der Waals surface area contributed by atoms with Crippen LogP contribution in [0.2, 0.25) is 0 Å². The molecule has 0 unspecified atom stereocenters. The maximum absolute atomic E-state index is 11.4. The molecule has 0 aromatic carbocycles. The molecule has 0 aliphatic heterocycles. The Morgan fingerprint density at radius 2 is 2.41 bits per heavy atom. The van der Waals surface area contributed by atoms with Crippen molar-refractivity contribution >= 4 is 28.1 Å². The molecule has 2 heterocycles. The van der Waals surface area contributed by atoms with Crippen LogP contribution in [0.25, 0.3) is 0 Å². The first kappa shape index (κ1) is 11.5. The second-order valence-electron chi connectivity index (χ2n) is 3.04. The predicted molar refractivity (Wildman–Crippen MR) is 64.1 cm³/mol. The molecule has 0 saturated heterocycles. The van der Waals surface area contributed by atoms with Gasteiger partial charge in [0, 0.05) is 11.6 Å². The number of thiazole rings is 1. The minimum Gasteiger partial charge on any atom is -0.330 e. The van der Waals surface area contributed by atoms with Gasteiger partial charge < -0.3 is 5.32 Å². The third kappa shape index (κ3) is 2.99. The van der Waals surface area contributed by atoms with E-state index >= 15 is 0 Å². The predicted octanol–water partition coefficient (Wildman–Crippen LogP) is 1.57. The Labute approximate surface area is 102 Å². The van der Waals surface area contributed by atoms with Crippen LogP contribution in [0.15, 0.2) is 29.9 Å². The van der Waals surface area contributed by atoms with Crippen molar-refractivity contribution in [3.05, 3.63) is 35.6 Å². The quantitative estimate of drug-likeness (QED) is 0.805. The van der Waals surface area contributed by atoms with Gasteiger partial charge in [-0.1, -0.05) is 0 Å². The average Bonchev–Trinajstić information content (AvgIpc) is 2.79. The van der Waals surface area contributed by atoms with Crippen LogP contribution in [-0.2, 0) is 4.84 Å². The Kier molecular flexibility index (Phi) is 3.63. The summed E-state index contributed by atoms with van der Waals surface area (Å²) < 4.78 is 0. The van der Waals surface area contributed by atoms with Crippen LogP contribution in [0.4, 0.5) is 10.8 Å². The summed E-state index contributed by atoms with van der Waals surface area (Å²) in [4.78, 5) is 24.0. The molecule has 7 heteroatoms. The third-order valence-electron chi connectivity index (χ3n) is 1.84. The number of hydrogen-bond donors (Lipinski definition) is 2. The Balaban J connectivity index is 2.06.